The highest BCUT2D eigenvalue weighted by Gasteiger charge is 2.21. The molecule has 0 saturated carbocycles. The topological polar surface area (TPSA) is 18.5 Å². The second-order valence-corrected chi connectivity index (χ2v) is 7.08. The molecule has 1 atom stereocenters. The molecule has 96 valence electrons. The van der Waals surface area contributed by atoms with E-state index in [1.807, 2.05) is 0 Å². The molecule has 2 heterocycles. The molecule has 0 amide bonds. The van der Waals surface area contributed by atoms with Crippen molar-refractivity contribution in [2.45, 2.75) is 12.6 Å². The Hall–Kier alpha value is 0.0600. The third-order valence-corrected chi connectivity index (χ3v) is 4.86. The highest BCUT2D eigenvalue weighted by atomic mass is 79.9. The summed E-state index contributed by atoms with van der Waals surface area (Å²) in [5.74, 6) is 0. The Kier molecular flexibility index (Phi) is 4.99. The number of piperazine rings is 1. The molecule has 5 heteroatoms. The smallest absolute Gasteiger partial charge is 0.0701 e. The number of hydrogen-bond donors (Lipinski definition) is 1. The van der Waals surface area contributed by atoms with Gasteiger partial charge in [-0.05, 0) is 47.0 Å². The number of halogens is 1. The standard InChI is InChI=1S/C12H20BrN3S/c1-15-3-4-16(2)11(8-15)7-14-6-10-5-12(13)17-9-10/h5,9,11,14H,3-4,6-8H2,1-2H3. The first kappa shape index (κ1) is 13.5. The Balaban J connectivity index is 1.74. The monoisotopic (exact) mass is 317 g/mol. The molecule has 0 bridgehead atoms. The lowest BCUT2D eigenvalue weighted by molar-refractivity contribution is 0.113. The minimum absolute atomic E-state index is 0.635. The molecule has 1 aromatic rings. The zero-order valence-corrected chi connectivity index (χ0v) is 12.9. The van der Waals surface area contributed by atoms with Crippen LogP contribution in [-0.4, -0.2) is 56.1 Å². The maximum atomic E-state index is 3.55. The van der Waals surface area contributed by atoms with E-state index in [1.165, 1.54) is 22.4 Å². The highest BCUT2D eigenvalue weighted by Crippen LogP contribution is 2.20. The molecule has 0 radical (unpaired) electrons. The Morgan fingerprint density at radius 1 is 1.47 bits per heavy atom. The van der Waals surface area contributed by atoms with Gasteiger partial charge in [-0.1, -0.05) is 0 Å². The average molecular weight is 318 g/mol. The molecule has 1 saturated heterocycles. The van der Waals surface area contributed by atoms with E-state index < -0.39 is 0 Å². The van der Waals surface area contributed by atoms with Crippen molar-refractivity contribution in [1.29, 1.82) is 0 Å². The average Bonchev–Trinajstić information content (AvgIpc) is 2.69. The van der Waals surface area contributed by atoms with Gasteiger partial charge in [0.25, 0.3) is 0 Å². The second kappa shape index (κ2) is 6.29. The third-order valence-electron chi connectivity index (χ3n) is 3.31. The van der Waals surface area contributed by atoms with Crippen molar-refractivity contribution in [3.63, 3.8) is 0 Å². The van der Waals surface area contributed by atoms with Crippen molar-refractivity contribution in [1.82, 2.24) is 15.1 Å². The zero-order valence-electron chi connectivity index (χ0n) is 10.4. The first-order valence-electron chi connectivity index (χ1n) is 5.97. The van der Waals surface area contributed by atoms with E-state index in [4.69, 9.17) is 0 Å². The van der Waals surface area contributed by atoms with Crippen LogP contribution < -0.4 is 5.32 Å². The highest BCUT2D eigenvalue weighted by molar-refractivity contribution is 9.11. The maximum Gasteiger partial charge on any atom is 0.0701 e. The summed E-state index contributed by atoms with van der Waals surface area (Å²) in [5.41, 5.74) is 1.37. The summed E-state index contributed by atoms with van der Waals surface area (Å²) in [6, 6.07) is 2.82. The van der Waals surface area contributed by atoms with Gasteiger partial charge in [0.05, 0.1) is 3.79 Å². The van der Waals surface area contributed by atoms with Crippen molar-refractivity contribution in [2.75, 3.05) is 40.3 Å². The van der Waals surface area contributed by atoms with Gasteiger partial charge in [0.15, 0.2) is 0 Å². The first-order chi connectivity index (χ1) is 8.15. The zero-order chi connectivity index (χ0) is 12.3. The van der Waals surface area contributed by atoms with Gasteiger partial charge >= 0.3 is 0 Å². The molecule has 0 aromatic carbocycles. The predicted octanol–water partition coefficient (Wildman–Crippen LogP) is 1.85. The molecule has 2 rings (SSSR count). The second-order valence-electron chi connectivity index (χ2n) is 4.79. The van der Waals surface area contributed by atoms with Crippen LogP contribution in [0.1, 0.15) is 5.56 Å². The fourth-order valence-corrected chi connectivity index (χ4v) is 3.35. The van der Waals surface area contributed by atoms with Gasteiger partial charge in [0, 0.05) is 38.8 Å². The molecule has 1 aliphatic heterocycles. The van der Waals surface area contributed by atoms with Crippen molar-refractivity contribution in [3.8, 4) is 0 Å². The van der Waals surface area contributed by atoms with E-state index in [-0.39, 0.29) is 0 Å². The van der Waals surface area contributed by atoms with Gasteiger partial charge in [0.2, 0.25) is 0 Å². The number of likely N-dealkylation sites (N-methyl/N-ethyl adjacent to an activating group) is 2. The summed E-state index contributed by atoms with van der Waals surface area (Å²) in [6.07, 6.45) is 0. The van der Waals surface area contributed by atoms with Crippen LogP contribution in [0.15, 0.2) is 15.2 Å². The number of nitrogens with one attached hydrogen (secondary N) is 1. The van der Waals surface area contributed by atoms with Crippen molar-refractivity contribution < 1.29 is 0 Å². The SMILES string of the molecule is CN1CCN(C)C(CNCc2csc(Br)c2)C1. The number of nitrogens with zero attached hydrogens (tertiary/aromatic N) is 2. The van der Waals surface area contributed by atoms with Crippen molar-refractivity contribution in [3.05, 3.63) is 20.8 Å². The minimum atomic E-state index is 0.635. The van der Waals surface area contributed by atoms with Gasteiger partial charge in [-0.15, -0.1) is 11.3 Å². The van der Waals surface area contributed by atoms with Gasteiger partial charge in [-0.2, -0.15) is 0 Å². The Morgan fingerprint density at radius 2 is 2.29 bits per heavy atom. The van der Waals surface area contributed by atoms with E-state index in [0.29, 0.717) is 6.04 Å². The summed E-state index contributed by atoms with van der Waals surface area (Å²) in [4.78, 5) is 4.87. The molecule has 3 nitrogen and oxygen atoms in total. The summed E-state index contributed by atoms with van der Waals surface area (Å²) < 4.78 is 1.21. The van der Waals surface area contributed by atoms with E-state index >= 15 is 0 Å². The summed E-state index contributed by atoms with van der Waals surface area (Å²) >= 11 is 5.24. The maximum absolute atomic E-state index is 3.55. The number of thiophene rings is 1. The third kappa shape index (κ3) is 4.03. The predicted molar refractivity (Wildman–Crippen MR) is 77.6 cm³/mol. The molecular formula is C12H20BrN3S. The lowest BCUT2D eigenvalue weighted by atomic mass is 10.2. The van der Waals surface area contributed by atoms with Gasteiger partial charge in [0.1, 0.15) is 0 Å². The van der Waals surface area contributed by atoms with Crippen LogP contribution in [0.25, 0.3) is 0 Å². The molecule has 1 aromatic heterocycles. The molecule has 1 fully saturated rings. The lowest BCUT2D eigenvalue weighted by Crippen LogP contribution is -2.53. The minimum Gasteiger partial charge on any atom is -0.311 e. The lowest BCUT2D eigenvalue weighted by Gasteiger charge is -2.37. The van der Waals surface area contributed by atoms with Crippen LogP contribution in [0.4, 0.5) is 0 Å². The quantitative estimate of drug-likeness (QED) is 0.914. The van der Waals surface area contributed by atoms with Gasteiger partial charge < -0.3 is 10.2 Å². The number of hydrogen-bond acceptors (Lipinski definition) is 4. The summed E-state index contributed by atoms with van der Waals surface area (Å²) in [6.45, 7) is 5.55. The normalized spacial score (nSPS) is 23.1. The fraction of sp³-hybridized carbons (Fsp3) is 0.667. The van der Waals surface area contributed by atoms with E-state index in [2.05, 4.69) is 56.6 Å². The Morgan fingerprint density at radius 3 is 3.00 bits per heavy atom. The Bertz CT molecular complexity index is 355. The molecule has 0 spiro atoms. The van der Waals surface area contributed by atoms with Crippen LogP contribution in [0.2, 0.25) is 0 Å². The molecular weight excluding hydrogens is 298 g/mol. The van der Waals surface area contributed by atoms with Crippen LogP contribution >= 0.6 is 27.3 Å². The van der Waals surface area contributed by atoms with E-state index in [0.717, 1.165) is 19.6 Å². The van der Waals surface area contributed by atoms with E-state index in [1.54, 1.807) is 11.3 Å². The molecule has 0 aliphatic carbocycles. The number of rotatable bonds is 4. The van der Waals surface area contributed by atoms with Gasteiger partial charge in [-0.25, -0.2) is 0 Å². The van der Waals surface area contributed by atoms with E-state index in [9.17, 15) is 0 Å². The molecule has 1 N–H and O–H groups in total. The summed E-state index contributed by atoms with van der Waals surface area (Å²) in [5, 5.41) is 5.76. The van der Waals surface area contributed by atoms with Gasteiger partial charge in [-0.3, -0.25) is 4.90 Å². The Labute approximate surface area is 116 Å². The van der Waals surface area contributed by atoms with Crippen LogP contribution in [0, 0.1) is 0 Å². The van der Waals surface area contributed by atoms with Crippen molar-refractivity contribution in [2.24, 2.45) is 0 Å². The van der Waals surface area contributed by atoms with Crippen molar-refractivity contribution >= 4 is 27.3 Å². The molecule has 1 unspecified atom stereocenters. The molecule has 17 heavy (non-hydrogen) atoms. The first-order valence-corrected chi connectivity index (χ1v) is 7.65. The molecule has 1 aliphatic rings. The van der Waals surface area contributed by atoms with Crippen LogP contribution in [0.3, 0.4) is 0 Å². The summed E-state index contributed by atoms with van der Waals surface area (Å²) in [7, 11) is 4.43. The van der Waals surface area contributed by atoms with Crippen LogP contribution in [-0.2, 0) is 6.54 Å². The van der Waals surface area contributed by atoms with Crippen LogP contribution in [0.5, 0.6) is 0 Å². The largest absolute Gasteiger partial charge is 0.311 e. The fourth-order valence-electron chi connectivity index (χ4n) is 2.14.